The molecule has 0 saturated heterocycles. The van der Waals surface area contributed by atoms with Crippen molar-refractivity contribution in [2.45, 2.75) is 0 Å². The number of ether oxygens (including phenoxy) is 2. The van der Waals surface area contributed by atoms with Crippen molar-refractivity contribution in [3.05, 3.63) is 53.1 Å². The highest BCUT2D eigenvalue weighted by molar-refractivity contribution is 6.14. The number of methoxy groups -OCH3 is 2. The predicted octanol–water partition coefficient (Wildman–Crippen LogP) is 2.39. The van der Waals surface area contributed by atoms with Crippen molar-refractivity contribution in [1.82, 2.24) is 0 Å². The van der Waals surface area contributed by atoms with E-state index in [0.29, 0.717) is 22.6 Å². The van der Waals surface area contributed by atoms with Gasteiger partial charge in [-0.05, 0) is 12.1 Å². The van der Waals surface area contributed by atoms with E-state index in [1.165, 1.54) is 20.3 Å². The van der Waals surface area contributed by atoms with Crippen molar-refractivity contribution in [3.63, 3.8) is 0 Å². The molecule has 0 saturated carbocycles. The monoisotopic (exact) mass is 282 g/mol. The van der Waals surface area contributed by atoms with Gasteiger partial charge in [-0.3, -0.25) is 4.79 Å². The van der Waals surface area contributed by atoms with Crippen molar-refractivity contribution in [2.75, 3.05) is 20.0 Å². The van der Waals surface area contributed by atoms with E-state index in [9.17, 15) is 4.79 Å². The maximum Gasteiger partial charge on any atom is 0.198 e. The third-order valence-electron chi connectivity index (χ3n) is 3.04. The molecule has 2 aromatic rings. The number of nitrogens with two attached hydrogens (primary N) is 1. The molecule has 21 heavy (non-hydrogen) atoms. The number of nitrogen functional groups attached to an aromatic ring is 1. The highest BCUT2D eigenvalue weighted by Gasteiger charge is 2.19. The number of rotatable bonds is 4. The van der Waals surface area contributed by atoms with Gasteiger partial charge in [-0.1, -0.05) is 12.1 Å². The SMILES string of the molecule is COc1cc(N)c(C(=O)c2cccc(C#N)c2)c(OC)c1. The minimum atomic E-state index is -0.302. The van der Waals surface area contributed by atoms with E-state index in [0.717, 1.165) is 0 Å². The summed E-state index contributed by atoms with van der Waals surface area (Å²) < 4.78 is 10.3. The third kappa shape index (κ3) is 2.79. The van der Waals surface area contributed by atoms with Gasteiger partial charge in [0.1, 0.15) is 11.5 Å². The molecule has 0 spiro atoms. The Morgan fingerprint density at radius 2 is 1.95 bits per heavy atom. The Bertz CT molecular complexity index is 733. The van der Waals surface area contributed by atoms with Crippen LogP contribution in [0, 0.1) is 11.3 Å². The summed E-state index contributed by atoms with van der Waals surface area (Å²) in [5.41, 5.74) is 7.24. The summed E-state index contributed by atoms with van der Waals surface area (Å²) in [6, 6.07) is 11.6. The zero-order chi connectivity index (χ0) is 15.4. The Kier molecular flexibility index (Phi) is 4.10. The van der Waals surface area contributed by atoms with Gasteiger partial charge in [0.05, 0.1) is 37.1 Å². The lowest BCUT2D eigenvalue weighted by atomic mass is 9.99. The molecule has 0 amide bonds. The summed E-state index contributed by atoms with van der Waals surface area (Å²) in [4.78, 5) is 12.6. The molecule has 106 valence electrons. The lowest BCUT2D eigenvalue weighted by Crippen LogP contribution is -2.08. The van der Waals surface area contributed by atoms with Crippen LogP contribution in [0.2, 0.25) is 0 Å². The lowest BCUT2D eigenvalue weighted by Gasteiger charge is -2.12. The Hall–Kier alpha value is -3.00. The summed E-state index contributed by atoms with van der Waals surface area (Å²) in [7, 11) is 2.96. The first kappa shape index (κ1) is 14.4. The number of ketones is 1. The van der Waals surface area contributed by atoms with Crippen molar-refractivity contribution >= 4 is 11.5 Å². The highest BCUT2D eigenvalue weighted by atomic mass is 16.5. The van der Waals surface area contributed by atoms with E-state index in [1.54, 1.807) is 30.3 Å². The van der Waals surface area contributed by atoms with Crippen LogP contribution in [0.5, 0.6) is 11.5 Å². The predicted molar refractivity (Wildman–Crippen MR) is 78.5 cm³/mol. The second-order valence-corrected chi connectivity index (χ2v) is 4.32. The standard InChI is InChI=1S/C16H14N2O3/c1-20-12-7-13(18)15(14(8-12)21-2)16(19)11-5-3-4-10(6-11)9-17/h3-8H,18H2,1-2H3. The molecular formula is C16H14N2O3. The summed E-state index contributed by atoms with van der Waals surface area (Å²) in [5.74, 6) is 0.537. The molecule has 0 aliphatic heterocycles. The molecule has 0 aliphatic carbocycles. The number of carbonyl (C=O) groups is 1. The van der Waals surface area contributed by atoms with E-state index in [2.05, 4.69) is 0 Å². The van der Waals surface area contributed by atoms with Crippen LogP contribution in [0.3, 0.4) is 0 Å². The van der Waals surface area contributed by atoms with Gasteiger partial charge in [0.15, 0.2) is 5.78 Å². The summed E-state index contributed by atoms with van der Waals surface area (Å²) in [5, 5.41) is 8.91. The quantitative estimate of drug-likeness (QED) is 0.687. The molecule has 2 aromatic carbocycles. The molecule has 0 aromatic heterocycles. The van der Waals surface area contributed by atoms with Crippen LogP contribution in [0.25, 0.3) is 0 Å². The molecule has 5 heteroatoms. The lowest BCUT2D eigenvalue weighted by molar-refractivity contribution is 0.103. The van der Waals surface area contributed by atoms with Crippen molar-refractivity contribution < 1.29 is 14.3 Å². The van der Waals surface area contributed by atoms with Gasteiger partial charge in [0, 0.05) is 17.7 Å². The van der Waals surface area contributed by atoms with Crippen molar-refractivity contribution in [3.8, 4) is 17.6 Å². The number of benzene rings is 2. The smallest absolute Gasteiger partial charge is 0.198 e. The van der Waals surface area contributed by atoms with E-state index < -0.39 is 0 Å². The van der Waals surface area contributed by atoms with Crippen LogP contribution in [0.15, 0.2) is 36.4 Å². The van der Waals surface area contributed by atoms with Gasteiger partial charge in [-0.25, -0.2) is 0 Å². The molecule has 0 aliphatic rings. The first-order chi connectivity index (χ1) is 10.1. The Morgan fingerprint density at radius 1 is 1.19 bits per heavy atom. The van der Waals surface area contributed by atoms with Crippen LogP contribution in [-0.4, -0.2) is 20.0 Å². The van der Waals surface area contributed by atoms with Gasteiger partial charge in [-0.15, -0.1) is 0 Å². The fraction of sp³-hybridized carbons (Fsp3) is 0.125. The summed E-state index contributed by atoms with van der Waals surface area (Å²) >= 11 is 0. The second kappa shape index (κ2) is 5.97. The number of anilines is 1. The van der Waals surface area contributed by atoms with Gasteiger partial charge in [-0.2, -0.15) is 5.26 Å². The first-order valence-corrected chi connectivity index (χ1v) is 6.17. The van der Waals surface area contributed by atoms with Gasteiger partial charge < -0.3 is 15.2 Å². The Morgan fingerprint density at radius 3 is 2.57 bits per heavy atom. The summed E-state index contributed by atoms with van der Waals surface area (Å²) in [6.07, 6.45) is 0. The van der Waals surface area contributed by atoms with Gasteiger partial charge in [0.25, 0.3) is 0 Å². The fourth-order valence-electron chi connectivity index (χ4n) is 2.01. The van der Waals surface area contributed by atoms with E-state index in [4.69, 9.17) is 20.5 Å². The average molecular weight is 282 g/mol. The van der Waals surface area contributed by atoms with Crippen LogP contribution < -0.4 is 15.2 Å². The average Bonchev–Trinajstić information content (AvgIpc) is 2.53. The zero-order valence-corrected chi connectivity index (χ0v) is 11.7. The van der Waals surface area contributed by atoms with Crippen LogP contribution >= 0.6 is 0 Å². The van der Waals surface area contributed by atoms with Crippen LogP contribution in [0.4, 0.5) is 5.69 Å². The Labute approximate surface area is 122 Å². The normalized spacial score (nSPS) is 9.76. The molecule has 0 heterocycles. The van der Waals surface area contributed by atoms with Crippen LogP contribution in [0.1, 0.15) is 21.5 Å². The largest absolute Gasteiger partial charge is 0.497 e. The maximum absolute atomic E-state index is 12.6. The zero-order valence-electron chi connectivity index (χ0n) is 11.7. The molecule has 0 atom stereocenters. The van der Waals surface area contributed by atoms with Gasteiger partial charge in [0.2, 0.25) is 0 Å². The molecule has 0 fully saturated rings. The number of hydrogen-bond donors (Lipinski definition) is 1. The highest BCUT2D eigenvalue weighted by Crippen LogP contribution is 2.32. The second-order valence-electron chi connectivity index (χ2n) is 4.32. The molecule has 0 radical (unpaired) electrons. The third-order valence-corrected chi connectivity index (χ3v) is 3.04. The molecule has 0 unspecified atom stereocenters. The van der Waals surface area contributed by atoms with Gasteiger partial charge >= 0.3 is 0 Å². The number of nitrogens with zero attached hydrogens (tertiary/aromatic N) is 1. The Balaban J connectivity index is 2.55. The summed E-state index contributed by atoms with van der Waals surface area (Å²) in [6.45, 7) is 0. The number of carbonyl (C=O) groups excluding carboxylic acids is 1. The first-order valence-electron chi connectivity index (χ1n) is 6.17. The minimum Gasteiger partial charge on any atom is -0.497 e. The fourth-order valence-corrected chi connectivity index (χ4v) is 2.01. The number of nitriles is 1. The van der Waals surface area contributed by atoms with E-state index in [-0.39, 0.29) is 17.0 Å². The van der Waals surface area contributed by atoms with E-state index >= 15 is 0 Å². The van der Waals surface area contributed by atoms with Crippen molar-refractivity contribution in [1.29, 1.82) is 5.26 Å². The molecule has 2 N–H and O–H groups in total. The topological polar surface area (TPSA) is 85.3 Å². The molecule has 0 bridgehead atoms. The molecular weight excluding hydrogens is 268 g/mol. The van der Waals surface area contributed by atoms with E-state index in [1.807, 2.05) is 6.07 Å². The maximum atomic E-state index is 12.6. The minimum absolute atomic E-state index is 0.258. The molecule has 2 rings (SSSR count). The van der Waals surface area contributed by atoms with Crippen LogP contribution in [-0.2, 0) is 0 Å². The van der Waals surface area contributed by atoms with Crippen molar-refractivity contribution in [2.24, 2.45) is 0 Å². The number of hydrogen-bond acceptors (Lipinski definition) is 5. The molecule has 5 nitrogen and oxygen atoms in total.